The Kier molecular flexibility index (Phi) is 6.51. The summed E-state index contributed by atoms with van der Waals surface area (Å²) >= 11 is 5.81. The second-order valence-corrected chi connectivity index (χ2v) is 7.69. The van der Waals surface area contributed by atoms with Crippen molar-refractivity contribution in [3.8, 4) is 11.4 Å². The van der Waals surface area contributed by atoms with Crippen molar-refractivity contribution in [2.24, 2.45) is 5.92 Å². The number of likely N-dealkylation sites (tertiary alicyclic amines) is 1. The number of hydrogen-bond acceptors (Lipinski definition) is 7. The number of halogens is 1. The van der Waals surface area contributed by atoms with E-state index in [-0.39, 0.29) is 24.2 Å². The molecule has 0 aliphatic carbocycles. The van der Waals surface area contributed by atoms with Crippen LogP contribution in [-0.4, -0.2) is 49.9 Å². The normalized spacial score (nSPS) is 14.4. The minimum atomic E-state index is -0.152. The molecule has 10 heteroatoms. The van der Waals surface area contributed by atoms with Crippen LogP contribution in [0.2, 0.25) is 5.02 Å². The average molecular weight is 441 g/mol. The number of aromatic nitrogens is 4. The number of hydrogen-bond donors (Lipinski definition) is 1. The van der Waals surface area contributed by atoms with Gasteiger partial charge in [0.25, 0.3) is 0 Å². The van der Waals surface area contributed by atoms with Crippen LogP contribution in [0.1, 0.15) is 25.2 Å². The quantitative estimate of drug-likeness (QED) is 0.626. The van der Waals surface area contributed by atoms with Crippen LogP contribution in [0.4, 0.5) is 5.82 Å². The lowest BCUT2D eigenvalue weighted by atomic mass is 9.95. The molecule has 3 aromatic rings. The number of pyridine rings is 2. The Balaban J connectivity index is 1.23. The predicted octanol–water partition coefficient (Wildman–Crippen LogP) is 2.99. The second kappa shape index (κ2) is 9.65. The molecule has 1 fully saturated rings. The number of anilines is 1. The summed E-state index contributed by atoms with van der Waals surface area (Å²) in [5.74, 6) is 1.15. The van der Waals surface area contributed by atoms with E-state index in [0.29, 0.717) is 54.9 Å². The molecule has 160 valence electrons. The number of carbonyl (C=O) groups is 2. The summed E-state index contributed by atoms with van der Waals surface area (Å²) in [6.45, 7) is 1.08. The Morgan fingerprint density at radius 2 is 1.94 bits per heavy atom. The van der Waals surface area contributed by atoms with Gasteiger partial charge >= 0.3 is 0 Å². The first-order chi connectivity index (χ1) is 15.1. The SMILES string of the molecule is O=C(Nc1ccc(Cl)cn1)C1CCN(C(=O)CCc2nc(-c3ccncc3)no2)CC1. The fourth-order valence-corrected chi connectivity index (χ4v) is 3.53. The standard InChI is InChI=1S/C21H21ClN6O3/c22-16-1-2-17(24-13-16)25-21(30)15-7-11-28(12-8-15)19(29)4-3-18-26-20(27-31-18)14-5-9-23-10-6-14/h1-2,5-6,9-10,13,15H,3-4,7-8,11-12H2,(H,24,25,30). The molecule has 4 heterocycles. The summed E-state index contributed by atoms with van der Waals surface area (Å²) in [4.78, 5) is 39.1. The van der Waals surface area contributed by atoms with Crippen molar-refractivity contribution in [1.29, 1.82) is 0 Å². The highest BCUT2D eigenvalue weighted by Gasteiger charge is 2.27. The molecule has 9 nitrogen and oxygen atoms in total. The van der Waals surface area contributed by atoms with Crippen molar-refractivity contribution in [1.82, 2.24) is 25.0 Å². The van der Waals surface area contributed by atoms with E-state index in [1.54, 1.807) is 41.6 Å². The highest BCUT2D eigenvalue weighted by atomic mass is 35.5. The molecule has 0 unspecified atom stereocenters. The number of piperidine rings is 1. The maximum absolute atomic E-state index is 12.6. The van der Waals surface area contributed by atoms with Crippen LogP contribution in [0.25, 0.3) is 11.4 Å². The van der Waals surface area contributed by atoms with Gasteiger partial charge in [0.2, 0.25) is 23.5 Å². The van der Waals surface area contributed by atoms with Crippen LogP contribution in [0.3, 0.4) is 0 Å². The monoisotopic (exact) mass is 440 g/mol. The largest absolute Gasteiger partial charge is 0.343 e. The number of nitrogens with zero attached hydrogens (tertiary/aromatic N) is 5. The van der Waals surface area contributed by atoms with Crippen LogP contribution in [-0.2, 0) is 16.0 Å². The van der Waals surface area contributed by atoms with Crippen LogP contribution in [0.5, 0.6) is 0 Å². The first-order valence-electron chi connectivity index (χ1n) is 10.0. The molecule has 1 saturated heterocycles. The first-order valence-corrected chi connectivity index (χ1v) is 10.4. The van der Waals surface area contributed by atoms with E-state index in [9.17, 15) is 9.59 Å². The second-order valence-electron chi connectivity index (χ2n) is 7.25. The fraction of sp³-hybridized carbons (Fsp3) is 0.333. The van der Waals surface area contributed by atoms with Gasteiger partial charge in [-0.25, -0.2) is 4.98 Å². The smallest absolute Gasteiger partial charge is 0.228 e. The third-order valence-electron chi connectivity index (χ3n) is 5.16. The fourth-order valence-electron chi connectivity index (χ4n) is 3.42. The minimum absolute atomic E-state index is 0.0156. The van der Waals surface area contributed by atoms with Gasteiger partial charge in [0.05, 0.1) is 5.02 Å². The molecule has 31 heavy (non-hydrogen) atoms. The van der Waals surface area contributed by atoms with Gasteiger partial charge in [-0.3, -0.25) is 14.6 Å². The summed E-state index contributed by atoms with van der Waals surface area (Å²) in [6, 6.07) is 6.93. The van der Waals surface area contributed by atoms with Crippen molar-refractivity contribution >= 4 is 29.2 Å². The Bertz CT molecular complexity index is 1030. The van der Waals surface area contributed by atoms with E-state index >= 15 is 0 Å². The maximum Gasteiger partial charge on any atom is 0.228 e. The summed E-state index contributed by atoms with van der Waals surface area (Å²) < 4.78 is 5.25. The summed E-state index contributed by atoms with van der Waals surface area (Å²) in [5.41, 5.74) is 0.811. The molecule has 1 N–H and O–H groups in total. The van der Waals surface area contributed by atoms with Crippen LogP contribution in [0, 0.1) is 5.92 Å². The first kappa shape index (κ1) is 20.9. The molecule has 0 bridgehead atoms. The Labute approximate surface area is 183 Å². The van der Waals surface area contributed by atoms with Crippen LogP contribution in [0.15, 0.2) is 47.4 Å². The van der Waals surface area contributed by atoms with E-state index in [0.717, 1.165) is 5.56 Å². The molecule has 3 aromatic heterocycles. The lowest BCUT2D eigenvalue weighted by Gasteiger charge is -2.31. The topological polar surface area (TPSA) is 114 Å². The highest BCUT2D eigenvalue weighted by molar-refractivity contribution is 6.30. The lowest BCUT2D eigenvalue weighted by molar-refractivity contribution is -0.134. The molecular weight excluding hydrogens is 420 g/mol. The molecule has 0 radical (unpaired) electrons. The van der Waals surface area contributed by atoms with Gasteiger partial charge < -0.3 is 14.7 Å². The Hall–Kier alpha value is -3.33. The zero-order chi connectivity index (χ0) is 21.6. The Morgan fingerprint density at radius 1 is 1.16 bits per heavy atom. The van der Waals surface area contributed by atoms with Crippen molar-refractivity contribution in [2.75, 3.05) is 18.4 Å². The number of amides is 2. The van der Waals surface area contributed by atoms with E-state index < -0.39 is 0 Å². The maximum atomic E-state index is 12.6. The van der Waals surface area contributed by atoms with Crippen LogP contribution >= 0.6 is 11.6 Å². The van der Waals surface area contributed by atoms with E-state index in [1.165, 1.54) is 6.20 Å². The molecule has 4 rings (SSSR count). The minimum Gasteiger partial charge on any atom is -0.343 e. The molecule has 2 amide bonds. The number of aryl methyl sites for hydroxylation is 1. The van der Waals surface area contributed by atoms with Gasteiger partial charge in [-0.1, -0.05) is 16.8 Å². The van der Waals surface area contributed by atoms with Gasteiger partial charge in [0, 0.05) is 56.0 Å². The van der Waals surface area contributed by atoms with Gasteiger partial charge in [0.15, 0.2) is 0 Å². The Morgan fingerprint density at radius 3 is 2.65 bits per heavy atom. The van der Waals surface area contributed by atoms with Gasteiger partial charge in [-0.2, -0.15) is 4.98 Å². The zero-order valence-corrected chi connectivity index (χ0v) is 17.5. The summed E-state index contributed by atoms with van der Waals surface area (Å²) in [6.07, 6.45) is 6.68. The van der Waals surface area contributed by atoms with E-state index in [1.807, 2.05) is 0 Å². The molecule has 1 aliphatic heterocycles. The van der Waals surface area contributed by atoms with Crippen molar-refractivity contribution in [2.45, 2.75) is 25.7 Å². The van der Waals surface area contributed by atoms with Gasteiger partial charge in [-0.05, 0) is 37.1 Å². The highest BCUT2D eigenvalue weighted by Crippen LogP contribution is 2.21. The van der Waals surface area contributed by atoms with E-state index in [4.69, 9.17) is 16.1 Å². The van der Waals surface area contributed by atoms with E-state index in [2.05, 4.69) is 25.4 Å². The molecule has 0 saturated carbocycles. The van der Waals surface area contributed by atoms with Crippen molar-refractivity contribution in [3.05, 3.63) is 53.8 Å². The number of rotatable bonds is 6. The van der Waals surface area contributed by atoms with Gasteiger partial charge in [0.1, 0.15) is 5.82 Å². The van der Waals surface area contributed by atoms with Gasteiger partial charge in [-0.15, -0.1) is 0 Å². The molecular formula is C21H21ClN6O3. The molecule has 0 atom stereocenters. The number of nitrogens with one attached hydrogen (secondary N) is 1. The van der Waals surface area contributed by atoms with Crippen molar-refractivity contribution < 1.29 is 14.1 Å². The molecule has 0 aromatic carbocycles. The lowest BCUT2D eigenvalue weighted by Crippen LogP contribution is -2.41. The third kappa shape index (κ3) is 5.43. The summed E-state index contributed by atoms with van der Waals surface area (Å²) in [7, 11) is 0. The summed E-state index contributed by atoms with van der Waals surface area (Å²) in [5, 5.41) is 7.26. The third-order valence-corrected chi connectivity index (χ3v) is 5.38. The zero-order valence-electron chi connectivity index (χ0n) is 16.7. The average Bonchev–Trinajstić information content (AvgIpc) is 3.29. The van der Waals surface area contributed by atoms with Crippen LogP contribution < -0.4 is 5.32 Å². The molecule has 1 aliphatic rings. The number of carbonyl (C=O) groups excluding carboxylic acids is 2. The van der Waals surface area contributed by atoms with Crippen molar-refractivity contribution in [3.63, 3.8) is 0 Å². The molecule has 0 spiro atoms. The predicted molar refractivity (Wildman–Crippen MR) is 113 cm³/mol.